The Morgan fingerprint density at radius 2 is 0.864 bits per heavy atom. The third-order valence-corrected chi connectivity index (χ3v) is 10.1. The van der Waals surface area contributed by atoms with Crippen LogP contribution in [0.5, 0.6) is 0 Å². The molecule has 0 unspecified atom stereocenters. The molecular weight excluding hydrogens is 557 g/mol. The summed E-state index contributed by atoms with van der Waals surface area (Å²) >= 11 is 0. The molecule has 5 heteroatoms. The molecule has 6 aromatic carbocycles. The van der Waals surface area contributed by atoms with E-state index in [4.69, 9.17) is 19.4 Å². The first-order chi connectivity index (χ1) is 21.8. The quantitative estimate of drug-likeness (QED) is 0.184. The Bertz CT molecular complexity index is 2120. The Hall–Kier alpha value is -5.44. The van der Waals surface area contributed by atoms with Crippen LogP contribution in [0.15, 0.2) is 162 Å². The Labute approximate surface area is 256 Å². The van der Waals surface area contributed by atoms with Crippen LogP contribution >= 0.6 is 7.92 Å². The highest BCUT2D eigenvalue weighted by Crippen LogP contribution is 2.41. The fourth-order valence-corrected chi connectivity index (χ4v) is 8.17. The van der Waals surface area contributed by atoms with Gasteiger partial charge < -0.3 is 4.42 Å². The first-order valence-corrected chi connectivity index (χ1v) is 15.9. The monoisotopic (exact) mass is 583 g/mol. The zero-order valence-corrected chi connectivity index (χ0v) is 24.6. The standard InChI is InChI=1S/C39H26N3OP/c1-5-15-27(16-6-1)37-40-38(28-17-7-2-8-18-28)42-39(41-37)29-25-34-36(32-23-13-14-24-33(32)43-34)35(26-29)44(30-19-9-3-10-20-30)31-21-11-4-12-22-31/h1-26H. The number of para-hydroxylation sites is 1. The number of rotatable bonds is 6. The van der Waals surface area contributed by atoms with Crippen LogP contribution in [0.2, 0.25) is 0 Å². The van der Waals surface area contributed by atoms with Gasteiger partial charge in [-0.2, -0.15) is 0 Å². The molecule has 44 heavy (non-hydrogen) atoms. The minimum atomic E-state index is -0.934. The highest BCUT2D eigenvalue weighted by Gasteiger charge is 2.24. The fourth-order valence-electron chi connectivity index (χ4n) is 5.66. The van der Waals surface area contributed by atoms with Crippen molar-refractivity contribution in [3.8, 4) is 34.2 Å². The van der Waals surface area contributed by atoms with Crippen LogP contribution in [0.25, 0.3) is 56.1 Å². The molecule has 0 amide bonds. The van der Waals surface area contributed by atoms with Crippen LogP contribution in [0.1, 0.15) is 0 Å². The minimum Gasteiger partial charge on any atom is -0.456 e. The van der Waals surface area contributed by atoms with Crippen molar-refractivity contribution >= 4 is 45.8 Å². The molecule has 0 saturated carbocycles. The third kappa shape index (κ3) is 4.86. The van der Waals surface area contributed by atoms with E-state index in [0.717, 1.165) is 38.6 Å². The molecule has 4 nitrogen and oxygen atoms in total. The van der Waals surface area contributed by atoms with E-state index in [2.05, 4.69) is 84.9 Å². The Morgan fingerprint density at radius 3 is 1.41 bits per heavy atom. The van der Waals surface area contributed by atoms with E-state index in [1.54, 1.807) is 0 Å². The number of nitrogens with zero attached hydrogens (tertiary/aromatic N) is 3. The van der Waals surface area contributed by atoms with Gasteiger partial charge in [-0.1, -0.05) is 140 Å². The Balaban J connectivity index is 1.43. The van der Waals surface area contributed by atoms with E-state index in [0.29, 0.717) is 17.5 Å². The van der Waals surface area contributed by atoms with Gasteiger partial charge in [0.25, 0.3) is 0 Å². The van der Waals surface area contributed by atoms with E-state index in [1.165, 1.54) is 15.9 Å². The highest BCUT2D eigenvalue weighted by molar-refractivity contribution is 7.80. The van der Waals surface area contributed by atoms with Gasteiger partial charge in [0.15, 0.2) is 17.5 Å². The molecule has 0 aliphatic carbocycles. The summed E-state index contributed by atoms with van der Waals surface area (Å²) in [6.45, 7) is 0. The molecule has 8 aromatic rings. The lowest BCUT2D eigenvalue weighted by Gasteiger charge is -2.21. The number of furan rings is 1. The van der Waals surface area contributed by atoms with Crippen molar-refractivity contribution in [1.29, 1.82) is 0 Å². The predicted octanol–water partition coefficient (Wildman–Crippen LogP) is 8.53. The number of aromatic nitrogens is 3. The Kier molecular flexibility index (Phi) is 6.75. The van der Waals surface area contributed by atoms with Crippen molar-refractivity contribution in [2.24, 2.45) is 0 Å². The SMILES string of the molecule is c1ccc(-c2nc(-c3ccccc3)nc(-c3cc(P(c4ccccc4)c4ccccc4)c4c(c3)oc3ccccc34)n2)cc1. The molecule has 2 heterocycles. The first kappa shape index (κ1) is 26.2. The molecule has 0 aliphatic heterocycles. The van der Waals surface area contributed by atoms with E-state index in [1.807, 2.05) is 72.8 Å². The van der Waals surface area contributed by atoms with Crippen molar-refractivity contribution in [3.05, 3.63) is 158 Å². The average molecular weight is 584 g/mol. The van der Waals surface area contributed by atoms with Gasteiger partial charge in [-0.25, -0.2) is 15.0 Å². The lowest BCUT2D eigenvalue weighted by Crippen LogP contribution is -2.21. The predicted molar refractivity (Wildman–Crippen MR) is 182 cm³/mol. The third-order valence-electron chi connectivity index (χ3n) is 7.68. The second kappa shape index (κ2) is 11.3. The molecule has 0 bridgehead atoms. The highest BCUT2D eigenvalue weighted by atomic mass is 31.1. The Morgan fingerprint density at radius 1 is 0.409 bits per heavy atom. The second-order valence-corrected chi connectivity index (χ2v) is 12.7. The summed E-state index contributed by atoms with van der Waals surface area (Å²) in [5.74, 6) is 1.88. The van der Waals surface area contributed by atoms with Gasteiger partial charge in [0.1, 0.15) is 11.2 Å². The van der Waals surface area contributed by atoms with Crippen LogP contribution in [0, 0.1) is 0 Å². The number of fused-ring (bicyclic) bond motifs is 3. The molecule has 0 aliphatic rings. The maximum atomic E-state index is 6.55. The minimum absolute atomic E-state index is 0.609. The number of hydrogen-bond donors (Lipinski definition) is 0. The largest absolute Gasteiger partial charge is 0.456 e. The van der Waals surface area contributed by atoms with E-state index >= 15 is 0 Å². The van der Waals surface area contributed by atoms with Crippen LogP contribution in [-0.4, -0.2) is 15.0 Å². The van der Waals surface area contributed by atoms with E-state index in [-0.39, 0.29) is 0 Å². The van der Waals surface area contributed by atoms with Crippen molar-refractivity contribution in [3.63, 3.8) is 0 Å². The van der Waals surface area contributed by atoms with Crippen LogP contribution in [-0.2, 0) is 0 Å². The summed E-state index contributed by atoms with van der Waals surface area (Å²) in [4.78, 5) is 15.0. The maximum absolute atomic E-state index is 6.55. The van der Waals surface area contributed by atoms with Crippen LogP contribution in [0.3, 0.4) is 0 Å². The molecule has 0 atom stereocenters. The van der Waals surface area contributed by atoms with Gasteiger partial charge >= 0.3 is 0 Å². The van der Waals surface area contributed by atoms with Gasteiger partial charge in [-0.3, -0.25) is 0 Å². The van der Waals surface area contributed by atoms with E-state index in [9.17, 15) is 0 Å². The van der Waals surface area contributed by atoms with Crippen LogP contribution in [0.4, 0.5) is 0 Å². The van der Waals surface area contributed by atoms with Crippen molar-refractivity contribution < 1.29 is 4.42 Å². The number of benzene rings is 6. The normalized spacial score (nSPS) is 11.4. The van der Waals surface area contributed by atoms with Gasteiger partial charge in [0.05, 0.1) is 0 Å². The lowest BCUT2D eigenvalue weighted by atomic mass is 10.1. The van der Waals surface area contributed by atoms with E-state index < -0.39 is 7.92 Å². The van der Waals surface area contributed by atoms with Crippen molar-refractivity contribution in [2.75, 3.05) is 0 Å². The smallest absolute Gasteiger partial charge is 0.164 e. The van der Waals surface area contributed by atoms with Gasteiger partial charge in [0, 0.05) is 27.5 Å². The summed E-state index contributed by atoms with van der Waals surface area (Å²) in [7, 11) is -0.934. The molecule has 2 aromatic heterocycles. The molecule has 0 fully saturated rings. The summed E-state index contributed by atoms with van der Waals surface area (Å²) in [6, 6.07) is 54.3. The summed E-state index contributed by atoms with van der Waals surface area (Å²) in [5, 5.41) is 5.97. The molecule has 0 N–H and O–H groups in total. The molecule has 208 valence electrons. The molecule has 0 spiro atoms. The van der Waals surface area contributed by atoms with Gasteiger partial charge in [-0.05, 0) is 42.0 Å². The fraction of sp³-hybridized carbons (Fsp3) is 0. The number of hydrogen-bond acceptors (Lipinski definition) is 4. The summed E-state index contributed by atoms with van der Waals surface area (Å²) in [6.07, 6.45) is 0. The first-order valence-electron chi connectivity index (χ1n) is 14.5. The molecule has 0 saturated heterocycles. The van der Waals surface area contributed by atoms with Crippen LogP contribution < -0.4 is 15.9 Å². The summed E-state index contributed by atoms with van der Waals surface area (Å²) < 4.78 is 6.55. The molecular formula is C39H26N3OP. The molecule has 0 radical (unpaired) electrons. The topological polar surface area (TPSA) is 51.8 Å². The lowest BCUT2D eigenvalue weighted by molar-refractivity contribution is 0.669. The summed E-state index contributed by atoms with van der Waals surface area (Å²) in [5.41, 5.74) is 4.45. The zero-order chi connectivity index (χ0) is 29.3. The van der Waals surface area contributed by atoms with Crippen molar-refractivity contribution in [1.82, 2.24) is 15.0 Å². The second-order valence-electron chi connectivity index (χ2n) is 10.5. The van der Waals surface area contributed by atoms with Gasteiger partial charge in [0.2, 0.25) is 0 Å². The molecule has 8 rings (SSSR count). The maximum Gasteiger partial charge on any atom is 0.164 e. The van der Waals surface area contributed by atoms with Gasteiger partial charge in [-0.15, -0.1) is 0 Å². The average Bonchev–Trinajstić information content (AvgIpc) is 3.49. The van der Waals surface area contributed by atoms with Crippen molar-refractivity contribution in [2.45, 2.75) is 0 Å². The zero-order valence-electron chi connectivity index (χ0n) is 23.7.